The van der Waals surface area contributed by atoms with Crippen molar-refractivity contribution in [1.82, 2.24) is 54.2 Å². The van der Waals surface area contributed by atoms with Gasteiger partial charge in [0.2, 0.25) is 11.8 Å². The van der Waals surface area contributed by atoms with E-state index in [2.05, 4.69) is 38.9 Å². The van der Waals surface area contributed by atoms with Crippen LogP contribution in [-0.2, 0) is 9.59 Å². The summed E-state index contributed by atoms with van der Waals surface area (Å²) < 4.78 is 30.2. The lowest BCUT2D eigenvalue weighted by Gasteiger charge is -2.33. The second-order valence-corrected chi connectivity index (χ2v) is 29.3. The smallest absolute Gasteiger partial charge is 0.254 e. The predicted octanol–water partition coefficient (Wildman–Crippen LogP) is 14.2. The molecule has 29 nitrogen and oxygen atoms in total. The highest BCUT2D eigenvalue weighted by atomic mass is 16.5. The molecule has 0 spiro atoms. The predicted molar refractivity (Wildman–Crippen MR) is 462 cm³/mol. The first-order valence-corrected chi connectivity index (χ1v) is 39.8. The summed E-state index contributed by atoms with van der Waals surface area (Å²) in [4.78, 5) is 76.2. The second-order valence-electron chi connectivity index (χ2n) is 29.3. The molecule has 3 saturated heterocycles. The molecule has 2 unspecified atom stereocenters. The number of primary amides is 4. The molecule has 0 radical (unpaired) electrons. The van der Waals surface area contributed by atoms with Crippen LogP contribution in [0.25, 0.3) is 45.0 Å². The van der Waals surface area contributed by atoms with Gasteiger partial charge >= 0.3 is 0 Å². The van der Waals surface area contributed by atoms with Gasteiger partial charge in [-0.05, 0) is 216 Å². The van der Waals surface area contributed by atoms with Gasteiger partial charge in [-0.15, -0.1) is 0 Å². The molecule has 7 heterocycles. The van der Waals surface area contributed by atoms with Crippen molar-refractivity contribution >= 4 is 58.7 Å². The number of benzene rings is 8. The number of ether oxygens (including phenoxy) is 4. The zero-order valence-electron chi connectivity index (χ0n) is 66.4. The van der Waals surface area contributed by atoms with Crippen LogP contribution < -0.4 is 70.1 Å². The van der Waals surface area contributed by atoms with E-state index in [-0.39, 0.29) is 64.3 Å². The van der Waals surface area contributed by atoms with Crippen LogP contribution in [-0.4, -0.2) is 124 Å². The molecule has 1 saturated carbocycles. The van der Waals surface area contributed by atoms with Crippen LogP contribution in [0.2, 0.25) is 0 Å². The number of carbonyl (C=O) groups excluding carboxylic acids is 6. The summed E-state index contributed by atoms with van der Waals surface area (Å²) in [7, 11) is 0. The number of nitrogen functional groups attached to an aromatic ring is 4. The zero-order valence-corrected chi connectivity index (χ0v) is 66.4. The highest BCUT2D eigenvalue weighted by molar-refractivity contribution is 6.06. The van der Waals surface area contributed by atoms with E-state index < -0.39 is 23.6 Å². The number of aromatic nitrogens is 8. The molecule has 4 aliphatic rings. The maximum Gasteiger partial charge on any atom is 0.254 e. The van der Waals surface area contributed by atoms with Crippen LogP contribution in [0.3, 0.4) is 0 Å². The van der Waals surface area contributed by atoms with Crippen molar-refractivity contribution in [3.8, 4) is 91.0 Å². The fourth-order valence-corrected chi connectivity index (χ4v) is 15.3. The van der Waals surface area contributed by atoms with Gasteiger partial charge in [0.15, 0.2) is 5.82 Å². The van der Waals surface area contributed by atoms with Crippen molar-refractivity contribution < 1.29 is 47.7 Å². The lowest BCUT2D eigenvalue weighted by molar-refractivity contribution is -0.128. The SMILES string of the molecule is C=CC(=O)N1CCCC(n2nc(-c3ccc(Oc4ccccc4)cc3)c(C(N)=O)c2N)C1.C=CC(=O)N1CCC[C@@H](n2nc(N)c(C(N)=O)c2-c2ccc(Oc3ccccc3)cc2)C1.NC(=O)c1c(-c2ccc(Oc3ccccc3)cc2)nn(C2CCCCC2)c1N.NC(=O)c1c(-c2ccc(Oc3ccccc3)cc2)nn(C2CCCNC2)c1N. The van der Waals surface area contributed by atoms with Gasteiger partial charge in [-0.1, -0.05) is 105 Å². The fourth-order valence-electron chi connectivity index (χ4n) is 15.3. The maximum atomic E-state index is 12.2. The number of rotatable bonds is 22. The molecule has 3 aliphatic heterocycles. The van der Waals surface area contributed by atoms with Crippen molar-refractivity contribution in [3.05, 3.63) is 266 Å². The summed E-state index contributed by atoms with van der Waals surface area (Å²) >= 11 is 0. The van der Waals surface area contributed by atoms with Gasteiger partial charge in [-0.3, -0.25) is 33.4 Å². The van der Waals surface area contributed by atoms with E-state index in [4.69, 9.17) is 64.8 Å². The summed E-state index contributed by atoms with van der Waals surface area (Å²) in [5.41, 5.74) is 53.3. The number of hydrogen-bond donors (Lipinski definition) is 9. The van der Waals surface area contributed by atoms with E-state index in [0.717, 1.165) is 117 Å². The molecule has 16 rings (SSSR count). The minimum Gasteiger partial charge on any atom is -0.457 e. The van der Waals surface area contributed by atoms with Crippen molar-refractivity contribution in [2.75, 3.05) is 62.2 Å². The molecule has 12 aromatic rings. The molecule has 1 aliphatic carbocycles. The molecular formula is C91H97N19O10. The molecule has 4 aromatic heterocycles. The number of nitrogens with two attached hydrogens (primary N) is 8. The van der Waals surface area contributed by atoms with Crippen LogP contribution in [0.15, 0.2) is 244 Å². The van der Waals surface area contributed by atoms with Crippen LogP contribution >= 0.6 is 0 Å². The second kappa shape index (κ2) is 38.8. The van der Waals surface area contributed by atoms with Crippen molar-refractivity contribution in [2.24, 2.45) is 22.9 Å². The first-order valence-electron chi connectivity index (χ1n) is 39.8. The average molecular weight is 1620 g/mol. The van der Waals surface area contributed by atoms with Crippen LogP contribution in [0.1, 0.15) is 136 Å². The number of amides is 6. The zero-order chi connectivity index (χ0) is 84.3. The van der Waals surface area contributed by atoms with E-state index in [1.165, 1.54) is 18.6 Å². The Kier molecular flexibility index (Phi) is 26.9. The Labute approximate surface area is 694 Å². The van der Waals surface area contributed by atoms with Gasteiger partial charge in [-0.25, -0.2) is 14.0 Å². The van der Waals surface area contributed by atoms with E-state index in [9.17, 15) is 28.8 Å². The number of hydrogen-bond acceptors (Lipinski definition) is 19. The Balaban J connectivity index is 0.000000139. The van der Waals surface area contributed by atoms with E-state index in [1.807, 2.05) is 206 Å². The molecule has 29 heteroatoms. The summed E-state index contributed by atoms with van der Waals surface area (Å²) in [6, 6.07) is 67.4. The van der Waals surface area contributed by atoms with Crippen molar-refractivity contribution in [3.63, 3.8) is 0 Å². The van der Waals surface area contributed by atoms with Crippen LogP contribution in [0.4, 0.5) is 23.3 Å². The van der Waals surface area contributed by atoms with Crippen molar-refractivity contribution in [2.45, 2.75) is 94.8 Å². The first-order chi connectivity index (χ1) is 58.2. The number of anilines is 4. The normalized spacial score (nSPS) is 15.8. The summed E-state index contributed by atoms with van der Waals surface area (Å²) in [5.74, 6) is 3.93. The van der Waals surface area contributed by atoms with Gasteiger partial charge in [0.25, 0.3) is 23.6 Å². The van der Waals surface area contributed by atoms with Gasteiger partial charge in [-0.2, -0.15) is 20.4 Å². The number of piperidine rings is 3. The highest BCUT2D eigenvalue weighted by Crippen LogP contribution is 2.40. The third-order valence-electron chi connectivity index (χ3n) is 21.2. The third-order valence-corrected chi connectivity index (χ3v) is 21.2. The lowest BCUT2D eigenvalue weighted by atomic mass is 9.95. The Morgan fingerprint density at radius 2 is 0.642 bits per heavy atom. The monoisotopic (exact) mass is 1620 g/mol. The Morgan fingerprint density at radius 1 is 0.342 bits per heavy atom. The average Bonchev–Trinajstić information content (AvgIpc) is 1.62. The van der Waals surface area contributed by atoms with E-state index in [0.29, 0.717) is 94.7 Å². The molecular weight excluding hydrogens is 1520 g/mol. The topological polar surface area (TPSA) is 437 Å². The summed E-state index contributed by atoms with van der Waals surface area (Å²) in [5, 5.41) is 21.8. The van der Waals surface area contributed by atoms with E-state index >= 15 is 0 Å². The molecule has 8 aromatic carbocycles. The third kappa shape index (κ3) is 19.8. The molecule has 17 N–H and O–H groups in total. The molecule has 616 valence electrons. The van der Waals surface area contributed by atoms with Crippen LogP contribution in [0.5, 0.6) is 46.0 Å². The molecule has 3 atom stereocenters. The summed E-state index contributed by atoms with van der Waals surface area (Å²) in [6.45, 7) is 11.1. The lowest BCUT2D eigenvalue weighted by Crippen LogP contribution is -2.40. The first kappa shape index (κ1) is 83.2. The number of carbonyl (C=O) groups is 6. The largest absolute Gasteiger partial charge is 0.457 e. The molecule has 4 fully saturated rings. The van der Waals surface area contributed by atoms with Crippen LogP contribution in [0, 0.1) is 0 Å². The molecule has 0 bridgehead atoms. The Morgan fingerprint density at radius 3 is 0.967 bits per heavy atom. The molecule has 120 heavy (non-hydrogen) atoms. The van der Waals surface area contributed by atoms with Gasteiger partial charge < -0.3 is 79.9 Å². The quantitative estimate of drug-likeness (QED) is 0.0285. The van der Waals surface area contributed by atoms with Crippen molar-refractivity contribution in [1.29, 1.82) is 0 Å². The fraction of sp³-hybridized carbons (Fsp3) is 0.231. The minimum absolute atomic E-state index is 0.0734. The summed E-state index contributed by atoms with van der Waals surface area (Å²) in [6.07, 6.45) is 13.4. The van der Waals surface area contributed by atoms with Gasteiger partial charge in [0.05, 0.1) is 29.9 Å². The number of para-hydroxylation sites is 4. The highest BCUT2D eigenvalue weighted by Gasteiger charge is 2.34. The molecule has 6 amide bonds. The van der Waals surface area contributed by atoms with Gasteiger partial charge in [0, 0.05) is 55.0 Å². The number of nitrogens with zero attached hydrogens (tertiary/aromatic N) is 10. The Bertz CT molecular complexity index is 5400. The minimum atomic E-state index is -0.650. The Hall–Kier alpha value is -14.7. The standard InChI is InChI=1S/2C24H25N5O3.C22H24N4O2.C21H23N5O2/c1-2-20(30)28-14-6-7-17(15-28)29-22(21(24(26)31)23(25)27-29)16-10-12-19(13-11-16)32-18-8-4-3-5-9-18;1-2-20(30)28-14-6-7-17(15-28)29-23(25)21(24(26)31)22(27-29)16-10-12-19(13-11-16)32-18-8-4-3-5-9-18;23-21-19(22(24)27)20(25-26(21)16-7-3-1-4-8-16)15-11-13-18(14-12-15)28-17-9-5-2-6-10-17;22-20-18(21(23)27)19(25-26(20)15-5-4-12-24-13-15)14-8-10-17(11-9-14)28-16-6-2-1-3-7-16/h2-5,8-13,17H,1,6-7,14-15H2,(H2,25,27)(H2,26,31);2-5,8-13,17H,1,6-7,14-15,25H2,(H2,26,31);2,5-6,9-14,16H,1,3-4,7-8,23H2,(H2,24,27);1-3,6-11,15,24H,4-5,12-13,22H2,(H2,23,27)/t17-;;;/m1.../s1. The maximum absolute atomic E-state index is 12.2. The van der Waals surface area contributed by atoms with E-state index in [1.54, 1.807) is 40.7 Å². The van der Waals surface area contributed by atoms with Gasteiger partial charge in [0.1, 0.15) is 103 Å². The number of nitrogens with one attached hydrogen (secondary N) is 1. The number of likely N-dealkylation sites (tertiary alicyclic amines) is 2.